The Kier molecular flexibility index (Phi) is 2.99. The first-order valence-electron chi connectivity index (χ1n) is 5.93. The van der Waals surface area contributed by atoms with Crippen LogP contribution in [0.15, 0.2) is 35.5 Å². The van der Waals surface area contributed by atoms with Crippen LogP contribution in [-0.4, -0.2) is 19.3 Å². The highest BCUT2D eigenvalue weighted by Crippen LogP contribution is 2.08. The molecule has 0 aliphatic heterocycles. The minimum Gasteiger partial charge on any atom is -0.302 e. The van der Waals surface area contributed by atoms with Crippen molar-refractivity contribution in [3.8, 4) is 12.0 Å². The van der Waals surface area contributed by atoms with Crippen molar-refractivity contribution < 1.29 is 8.78 Å². The molecule has 2 aromatic heterocycles. The Morgan fingerprint density at radius 2 is 2.10 bits per heavy atom. The highest BCUT2D eigenvalue weighted by molar-refractivity contribution is 5.73. The highest BCUT2D eigenvalue weighted by atomic mass is 19.1. The Morgan fingerprint density at radius 3 is 2.86 bits per heavy atom. The average molecular weight is 286 g/mol. The molecule has 21 heavy (non-hydrogen) atoms. The molecule has 0 atom stereocenters. The molecule has 0 bridgehead atoms. The van der Waals surface area contributed by atoms with Crippen molar-refractivity contribution in [2.45, 2.75) is 0 Å². The van der Waals surface area contributed by atoms with Gasteiger partial charge in [0, 0.05) is 19.2 Å². The number of benzene rings is 1. The zero-order valence-electron chi connectivity index (χ0n) is 10.8. The summed E-state index contributed by atoms with van der Waals surface area (Å²) >= 11 is 0. The second-order valence-corrected chi connectivity index (χ2v) is 4.32. The summed E-state index contributed by atoms with van der Waals surface area (Å²) in [5, 5.41) is 4.24. The number of halogens is 2. The zero-order chi connectivity index (χ0) is 15.0. The molecule has 3 rings (SSSR count). The Labute approximate surface area is 117 Å². The SMILES string of the molecule is Cn1cnc2c(cnn2C#Cc2ccc(F)cc2F)c1=O. The summed E-state index contributed by atoms with van der Waals surface area (Å²) < 4.78 is 28.8. The molecular formula is C14H8F2N4O. The first-order chi connectivity index (χ1) is 10.1. The van der Waals surface area contributed by atoms with E-state index in [1.54, 1.807) is 7.05 Å². The molecule has 0 unspecified atom stereocenters. The molecule has 2 heterocycles. The van der Waals surface area contributed by atoms with Crippen molar-refractivity contribution in [2.24, 2.45) is 7.05 Å². The molecule has 0 N–H and O–H groups in total. The van der Waals surface area contributed by atoms with E-state index in [9.17, 15) is 13.6 Å². The number of fused-ring (bicyclic) bond motifs is 1. The van der Waals surface area contributed by atoms with Gasteiger partial charge in [-0.05, 0) is 18.1 Å². The molecule has 0 aliphatic carbocycles. The second-order valence-electron chi connectivity index (χ2n) is 4.32. The van der Waals surface area contributed by atoms with Crippen LogP contribution in [0.25, 0.3) is 11.0 Å². The quantitative estimate of drug-likeness (QED) is 0.585. The summed E-state index contributed by atoms with van der Waals surface area (Å²) in [6.45, 7) is 0. The Balaban J connectivity index is 2.09. The van der Waals surface area contributed by atoms with Gasteiger partial charge in [-0.25, -0.2) is 13.8 Å². The highest BCUT2D eigenvalue weighted by Gasteiger charge is 2.07. The van der Waals surface area contributed by atoms with Crippen LogP contribution in [0.5, 0.6) is 0 Å². The summed E-state index contributed by atoms with van der Waals surface area (Å²) in [4.78, 5) is 15.9. The molecule has 7 heteroatoms. The van der Waals surface area contributed by atoms with Crippen LogP contribution in [0.3, 0.4) is 0 Å². The fourth-order valence-corrected chi connectivity index (χ4v) is 1.79. The van der Waals surface area contributed by atoms with Crippen molar-refractivity contribution in [3.05, 3.63) is 58.3 Å². The maximum absolute atomic E-state index is 13.5. The summed E-state index contributed by atoms with van der Waals surface area (Å²) in [5.74, 6) is 1.09. The van der Waals surface area contributed by atoms with Crippen molar-refractivity contribution in [1.29, 1.82) is 0 Å². The maximum Gasteiger partial charge on any atom is 0.264 e. The maximum atomic E-state index is 13.5. The van der Waals surface area contributed by atoms with Gasteiger partial charge in [0.1, 0.15) is 17.0 Å². The van der Waals surface area contributed by atoms with Crippen molar-refractivity contribution in [2.75, 3.05) is 0 Å². The molecule has 104 valence electrons. The number of hydrogen-bond acceptors (Lipinski definition) is 3. The summed E-state index contributed by atoms with van der Waals surface area (Å²) in [6, 6.07) is 5.67. The lowest BCUT2D eigenvalue weighted by molar-refractivity contribution is 0.581. The molecule has 0 saturated carbocycles. The predicted octanol–water partition coefficient (Wildman–Crippen LogP) is 1.27. The lowest BCUT2D eigenvalue weighted by atomic mass is 10.2. The van der Waals surface area contributed by atoms with Crippen LogP contribution in [-0.2, 0) is 7.05 Å². The third-order valence-electron chi connectivity index (χ3n) is 2.88. The van der Waals surface area contributed by atoms with E-state index in [1.807, 2.05) is 0 Å². The first-order valence-corrected chi connectivity index (χ1v) is 5.93. The van der Waals surface area contributed by atoms with E-state index in [2.05, 4.69) is 22.0 Å². The standard InChI is InChI=1S/C14H8F2N4O/c1-19-8-17-13-11(14(19)21)7-18-20(13)5-4-9-2-3-10(15)6-12(9)16/h2-3,6-8H,1H3. The number of nitrogens with zero attached hydrogens (tertiary/aromatic N) is 4. The third kappa shape index (κ3) is 2.27. The van der Waals surface area contributed by atoms with Gasteiger partial charge in [0.15, 0.2) is 5.65 Å². The molecule has 1 aromatic carbocycles. The smallest absolute Gasteiger partial charge is 0.264 e. The molecule has 0 amide bonds. The minimum absolute atomic E-state index is 0.0314. The molecule has 0 aliphatic rings. The Hall–Kier alpha value is -3.01. The van der Waals surface area contributed by atoms with Gasteiger partial charge in [-0.2, -0.15) is 9.78 Å². The molecule has 0 saturated heterocycles. The van der Waals surface area contributed by atoms with E-state index in [-0.39, 0.29) is 16.8 Å². The van der Waals surface area contributed by atoms with Crippen molar-refractivity contribution in [1.82, 2.24) is 19.3 Å². The van der Waals surface area contributed by atoms with Gasteiger partial charge in [0.05, 0.1) is 18.1 Å². The molecule has 0 radical (unpaired) electrons. The summed E-state index contributed by atoms with van der Waals surface area (Å²) in [6.07, 6.45) is 2.70. The average Bonchev–Trinajstić information content (AvgIpc) is 2.86. The minimum atomic E-state index is -0.761. The van der Waals surface area contributed by atoms with Gasteiger partial charge >= 0.3 is 0 Å². The molecule has 0 spiro atoms. The number of rotatable bonds is 0. The van der Waals surface area contributed by atoms with Crippen molar-refractivity contribution in [3.63, 3.8) is 0 Å². The van der Waals surface area contributed by atoms with Gasteiger partial charge in [-0.15, -0.1) is 0 Å². The molecular weight excluding hydrogens is 278 g/mol. The van der Waals surface area contributed by atoms with Crippen LogP contribution in [0.2, 0.25) is 0 Å². The van der Waals surface area contributed by atoms with Crippen LogP contribution in [0.4, 0.5) is 8.78 Å². The van der Waals surface area contributed by atoms with Gasteiger partial charge < -0.3 is 4.57 Å². The normalized spacial score (nSPS) is 10.4. The largest absolute Gasteiger partial charge is 0.302 e. The van der Waals surface area contributed by atoms with Crippen LogP contribution < -0.4 is 5.56 Å². The van der Waals surface area contributed by atoms with Crippen LogP contribution >= 0.6 is 0 Å². The summed E-state index contributed by atoms with van der Waals surface area (Å²) in [7, 11) is 1.58. The van der Waals surface area contributed by atoms with Crippen LogP contribution in [0, 0.1) is 23.6 Å². The molecule has 0 fully saturated rings. The zero-order valence-corrected chi connectivity index (χ0v) is 10.8. The fraction of sp³-hybridized carbons (Fsp3) is 0.0714. The van der Waals surface area contributed by atoms with E-state index >= 15 is 0 Å². The number of hydrogen-bond donors (Lipinski definition) is 0. The second kappa shape index (κ2) is 4.83. The van der Waals surface area contributed by atoms with Gasteiger partial charge in [0.2, 0.25) is 0 Å². The third-order valence-corrected chi connectivity index (χ3v) is 2.88. The topological polar surface area (TPSA) is 52.7 Å². The monoisotopic (exact) mass is 286 g/mol. The first kappa shape index (κ1) is 13.0. The van der Waals surface area contributed by atoms with E-state index in [1.165, 1.54) is 27.8 Å². The van der Waals surface area contributed by atoms with E-state index in [4.69, 9.17) is 0 Å². The molecule has 5 nitrogen and oxygen atoms in total. The van der Waals surface area contributed by atoms with Gasteiger partial charge in [-0.3, -0.25) is 4.79 Å². The fourth-order valence-electron chi connectivity index (χ4n) is 1.79. The van der Waals surface area contributed by atoms with E-state index in [0.717, 1.165) is 12.1 Å². The molecule has 3 aromatic rings. The summed E-state index contributed by atoms with van der Waals surface area (Å²) in [5.41, 5.74) is 0.0676. The van der Waals surface area contributed by atoms with Crippen LogP contribution in [0.1, 0.15) is 5.56 Å². The lowest BCUT2D eigenvalue weighted by Gasteiger charge is -1.96. The lowest BCUT2D eigenvalue weighted by Crippen LogP contribution is -2.16. The number of aromatic nitrogens is 4. The van der Waals surface area contributed by atoms with Gasteiger partial charge in [0.25, 0.3) is 5.56 Å². The van der Waals surface area contributed by atoms with Gasteiger partial charge in [-0.1, -0.05) is 0 Å². The number of aryl methyl sites for hydroxylation is 1. The van der Waals surface area contributed by atoms with E-state index in [0.29, 0.717) is 5.39 Å². The Bertz CT molecular complexity index is 962. The predicted molar refractivity (Wildman–Crippen MR) is 71.4 cm³/mol. The van der Waals surface area contributed by atoms with Crippen molar-refractivity contribution >= 4 is 11.0 Å². The van der Waals surface area contributed by atoms with E-state index < -0.39 is 11.6 Å². The Morgan fingerprint density at radius 1 is 1.29 bits per heavy atom.